The molecule has 0 aliphatic carbocycles. The second kappa shape index (κ2) is 7.64. The number of aromatic nitrogens is 2. The molecule has 0 unspecified atom stereocenters. The molecule has 0 spiro atoms. The van der Waals surface area contributed by atoms with Crippen LogP contribution in [0.2, 0.25) is 5.02 Å². The molecule has 1 heterocycles. The van der Waals surface area contributed by atoms with Crippen molar-refractivity contribution in [2.45, 2.75) is 12.8 Å². The van der Waals surface area contributed by atoms with Gasteiger partial charge < -0.3 is 10.3 Å². The Morgan fingerprint density at radius 2 is 1.67 bits per heavy atom. The van der Waals surface area contributed by atoms with E-state index in [4.69, 9.17) is 11.6 Å². The Kier molecular flexibility index (Phi) is 4.90. The third-order valence-electron chi connectivity index (χ3n) is 4.45. The molecule has 1 aromatic heterocycles. The molecule has 0 radical (unpaired) electrons. The number of benzene rings is 3. The number of hydrogen-bond acceptors (Lipinski definition) is 2. The van der Waals surface area contributed by atoms with Gasteiger partial charge in [-0.2, -0.15) is 0 Å². The first-order valence-electron chi connectivity index (χ1n) is 8.78. The Hall–Kier alpha value is -3.11. The number of hydrogen-bond donors (Lipinski definition) is 2. The number of rotatable bonds is 5. The number of nitrogens with zero attached hydrogens (tertiary/aromatic N) is 1. The largest absolute Gasteiger partial charge is 0.342 e. The molecule has 27 heavy (non-hydrogen) atoms. The van der Waals surface area contributed by atoms with Crippen molar-refractivity contribution in [3.8, 4) is 0 Å². The van der Waals surface area contributed by atoms with Crippen LogP contribution < -0.4 is 5.32 Å². The fourth-order valence-electron chi connectivity index (χ4n) is 3.07. The fourth-order valence-corrected chi connectivity index (χ4v) is 3.29. The van der Waals surface area contributed by atoms with E-state index in [0.29, 0.717) is 10.6 Å². The summed E-state index contributed by atoms with van der Waals surface area (Å²) in [5.74, 6) is 0.722. The van der Waals surface area contributed by atoms with Crippen LogP contribution in [0.5, 0.6) is 0 Å². The van der Waals surface area contributed by atoms with Gasteiger partial charge in [0, 0.05) is 12.1 Å². The predicted molar refractivity (Wildman–Crippen MR) is 109 cm³/mol. The number of fused-ring (bicyclic) bond motifs is 1. The highest BCUT2D eigenvalue weighted by molar-refractivity contribution is 6.34. The molecular weight excluding hydrogens is 358 g/mol. The van der Waals surface area contributed by atoms with E-state index in [9.17, 15) is 4.79 Å². The van der Waals surface area contributed by atoms with Crippen LogP contribution in [0.1, 0.15) is 21.7 Å². The van der Waals surface area contributed by atoms with E-state index in [1.54, 1.807) is 24.3 Å². The number of imidazole rings is 1. The van der Waals surface area contributed by atoms with Gasteiger partial charge in [-0.15, -0.1) is 0 Å². The summed E-state index contributed by atoms with van der Waals surface area (Å²) in [7, 11) is 0. The van der Waals surface area contributed by atoms with E-state index < -0.39 is 0 Å². The molecule has 0 saturated heterocycles. The summed E-state index contributed by atoms with van der Waals surface area (Å²) in [4.78, 5) is 20.5. The van der Waals surface area contributed by atoms with Gasteiger partial charge >= 0.3 is 0 Å². The van der Waals surface area contributed by atoms with Gasteiger partial charge in [0.2, 0.25) is 0 Å². The molecule has 0 saturated carbocycles. The van der Waals surface area contributed by atoms with Crippen LogP contribution >= 0.6 is 11.6 Å². The monoisotopic (exact) mass is 375 g/mol. The minimum absolute atomic E-state index is 0.211. The molecule has 5 heteroatoms. The number of para-hydroxylation sites is 3. The zero-order valence-electron chi connectivity index (χ0n) is 14.6. The molecule has 4 rings (SSSR count). The average molecular weight is 376 g/mol. The highest BCUT2D eigenvalue weighted by Crippen LogP contribution is 2.21. The van der Waals surface area contributed by atoms with Gasteiger partial charge in [-0.05, 0) is 42.3 Å². The maximum Gasteiger partial charge on any atom is 0.257 e. The van der Waals surface area contributed by atoms with E-state index in [1.807, 2.05) is 48.5 Å². The first-order valence-corrected chi connectivity index (χ1v) is 9.16. The summed E-state index contributed by atoms with van der Waals surface area (Å²) in [5.41, 5.74) is 4.31. The van der Waals surface area contributed by atoms with Crippen LogP contribution in [-0.4, -0.2) is 15.9 Å². The number of aromatic amines is 1. The molecule has 3 aromatic carbocycles. The van der Waals surface area contributed by atoms with E-state index in [-0.39, 0.29) is 5.91 Å². The fraction of sp³-hybridized carbons (Fsp3) is 0.0909. The van der Waals surface area contributed by atoms with Gasteiger partial charge in [0.05, 0.1) is 21.6 Å². The zero-order chi connectivity index (χ0) is 18.6. The van der Waals surface area contributed by atoms with Crippen molar-refractivity contribution in [1.82, 2.24) is 9.97 Å². The van der Waals surface area contributed by atoms with Crippen molar-refractivity contribution in [2.24, 2.45) is 0 Å². The van der Waals surface area contributed by atoms with Gasteiger partial charge in [0.1, 0.15) is 5.82 Å². The van der Waals surface area contributed by atoms with Gasteiger partial charge in [-0.3, -0.25) is 4.79 Å². The van der Waals surface area contributed by atoms with Crippen molar-refractivity contribution in [1.29, 1.82) is 0 Å². The smallest absolute Gasteiger partial charge is 0.257 e. The second-order valence-corrected chi connectivity index (χ2v) is 6.70. The lowest BCUT2D eigenvalue weighted by Gasteiger charge is -2.11. The van der Waals surface area contributed by atoms with Crippen LogP contribution in [0.25, 0.3) is 11.0 Å². The number of halogens is 1. The first-order chi connectivity index (χ1) is 13.2. The van der Waals surface area contributed by atoms with Crippen LogP contribution in [0.15, 0.2) is 72.8 Å². The Morgan fingerprint density at radius 3 is 2.52 bits per heavy atom. The SMILES string of the molecule is O=C(Nc1ccccc1CCc1nc2ccccc2[nH]1)c1ccccc1Cl. The molecule has 0 aliphatic heterocycles. The maximum absolute atomic E-state index is 12.6. The van der Waals surface area contributed by atoms with E-state index in [0.717, 1.165) is 41.0 Å². The molecule has 4 aromatic rings. The summed E-state index contributed by atoms with van der Waals surface area (Å²) >= 11 is 6.13. The number of amides is 1. The lowest BCUT2D eigenvalue weighted by atomic mass is 10.1. The van der Waals surface area contributed by atoms with E-state index in [1.165, 1.54) is 0 Å². The number of carbonyl (C=O) groups is 1. The molecular formula is C22H18ClN3O. The van der Waals surface area contributed by atoms with Crippen molar-refractivity contribution < 1.29 is 4.79 Å². The van der Waals surface area contributed by atoms with Crippen LogP contribution in [0, 0.1) is 0 Å². The summed E-state index contributed by atoms with van der Waals surface area (Å²) in [6, 6.07) is 22.8. The summed E-state index contributed by atoms with van der Waals surface area (Å²) in [6.07, 6.45) is 1.52. The third-order valence-corrected chi connectivity index (χ3v) is 4.78. The van der Waals surface area contributed by atoms with Crippen LogP contribution in [0.3, 0.4) is 0 Å². The molecule has 134 valence electrons. The Balaban J connectivity index is 1.51. The molecule has 0 aliphatic rings. The number of H-pyrrole nitrogens is 1. The molecule has 4 nitrogen and oxygen atoms in total. The number of nitrogens with one attached hydrogen (secondary N) is 2. The Bertz CT molecular complexity index is 1070. The molecule has 2 N–H and O–H groups in total. The summed E-state index contributed by atoms with van der Waals surface area (Å²) in [5, 5.41) is 3.42. The number of anilines is 1. The van der Waals surface area contributed by atoms with Gasteiger partial charge in [-0.1, -0.05) is 54.1 Å². The third kappa shape index (κ3) is 3.86. The highest BCUT2D eigenvalue weighted by Gasteiger charge is 2.12. The first kappa shape index (κ1) is 17.3. The van der Waals surface area contributed by atoms with Crippen molar-refractivity contribution in [3.05, 3.63) is 94.8 Å². The highest BCUT2D eigenvalue weighted by atomic mass is 35.5. The zero-order valence-corrected chi connectivity index (χ0v) is 15.3. The lowest BCUT2D eigenvalue weighted by Crippen LogP contribution is -2.14. The minimum atomic E-state index is -0.211. The minimum Gasteiger partial charge on any atom is -0.342 e. The maximum atomic E-state index is 12.6. The Labute approximate surface area is 162 Å². The number of carbonyl (C=O) groups excluding carboxylic acids is 1. The summed E-state index contributed by atoms with van der Waals surface area (Å²) < 4.78 is 0. The van der Waals surface area contributed by atoms with Gasteiger partial charge in [-0.25, -0.2) is 4.98 Å². The Morgan fingerprint density at radius 1 is 0.926 bits per heavy atom. The van der Waals surface area contributed by atoms with E-state index in [2.05, 4.69) is 15.3 Å². The lowest BCUT2D eigenvalue weighted by molar-refractivity contribution is 0.102. The molecule has 1 amide bonds. The van der Waals surface area contributed by atoms with Crippen LogP contribution in [0.4, 0.5) is 5.69 Å². The molecule has 0 bridgehead atoms. The van der Waals surface area contributed by atoms with Crippen molar-refractivity contribution in [3.63, 3.8) is 0 Å². The normalized spacial score (nSPS) is 10.9. The average Bonchev–Trinajstić information content (AvgIpc) is 3.10. The van der Waals surface area contributed by atoms with Crippen molar-refractivity contribution >= 4 is 34.2 Å². The number of aryl methyl sites for hydroxylation is 2. The van der Waals surface area contributed by atoms with E-state index >= 15 is 0 Å². The topological polar surface area (TPSA) is 57.8 Å². The van der Waals surface area contributed by atoms with Crippen molar-refractivity contribution in [2.75, 3.05) is 5.32 Å². The second-order valence-electron chi connectivity index (χ2n) is 6.29. The van der Waals surface area contributed by atoms with Crippen LogP contribution in [-0.2, 0) is 12.8 Å². The molecule has 0 fully saturated rings. The standard InChI is InChI=1S/C22H18ClN3O/c23-17-9-3-2-8-16(17)22(27)26-18-10-4-1-7-15(18)13-14-21-24-19-11-5-6-12-20(19)25-21/h1-12H,13-14H2,(H,24,25)(H,26,27). The summed E-state index contributed by atoms with van der Waals surface area (Å²) in [6.45, 7) is 0. The predicted octanol–water partition coefficient (Wildman–Crippen LogP) is 5.25. The quantitative estimate of drug-likeness (QED) is 0.500. The van der Waals surface area contributed by atoms with Gasteiger partial charge in [0.15, 0.2) is 0 Å². The van der Waals surface area contributed by atoms with Gasteiger partial charge in [0.25, 0.3) is 5.91 Å². The molecule has 0 atom stereocenters.